The molecule has 5 rings (SSSR count). The Balaban J connectivity index is 1.51. The van der Waals surface area contributed by atoms with E-state index in [9.17, 15) is 9.59 Å². The largest absolute Gasteiger partial charge is 0.367 e. The highest BCUT2D eigenvalue weighted by Gasteiger charge is 2.25. The van der Waals surface area contributed by atoms with E-state index in [0.717, 1.165) is 24.2 Å². The van der Waals surface area contributed by atoms with Crippen molar-refractivity contribution < 1.29 is 9.59 Å². The van der Waals surface area contributed by atoms with Crippen molar-refractivity contribution in [3.63, 3.8) is 0 Å². The van der Waals surface area contributed by atoms with Gasteiger partial charge in [-0.1, -0.05) is 30.3 Å². The number of nitrogens with one attached hydrogen (secondary N) is 4. The Kier molecular flexibility index (Phi) is 4.12. The van der Waals surface area contributed by atoms with Gasteiger partial charge in [0.15, 0.2) is 5.65 Å². The van der Waals surface area contributed by atoms with Gasteiger partial charge in [0.2, 0.25) is 0 Å². The van der Waals surface area contributed by atoms with Gasteiger partial charge in [-0.15, -0.1) is 0 Å². The molecule has 1 aromatic carbocycles. The molecule has 0 spiro atoms. The number of urea groups is 1. The lowest BCUT2D eigenvalue weighted by Crippen LogP contribution is -2.22. The molecule has 2 aromatic heterocycles. The molecular weight excluding hydrogens is 370 g/mol. The Morgan fingerprint density at radius 3 is 2.72 bits per heavy atom. The Morgan fingerprint density at radius 2 is 2.00 bits per heavy atom. The summed E-state index contributed by atoms with van der Waals surface area (Å²) in [5.41, 5.74) is 2.55. The van der Waals surface area contributed by atoms with Crippen molar-refractivity contribution in [3.05, 3.63) is 59.4 Å². The van der Waals surface area contributed by atoms with E-state index >= 15 is 0 Å². The van der Waals surface area contributed by atoms with Gasteiger partial charge in [-0.05, 0) is 24.5 Å². The van der Waals surface area contributed by atoms with E-state index in [2.05, 4.69) is 31.3 Å². The predicted octanol–water partition coefficient (Wildman–Crippen LogP) is 2.10. The van der Waals surface area contributed by atoms with Gasteiger partial charge in [-0.25, -0.2) is 9.78 Å². The highest BCUT2D eigenvalue weighted by molar-refractivity contribution is 6.14. The number of carbonyl (C=O) groups is 2. The zero-order valence-corrected chi connectivity index (χ0v) is 15.5. The van der Waals surface area contributed by atoms with Crippen molar-refractivity contribution in [2.75, 3.05) is 10.6 Å². The minimum atomic E-state index is -0.535. The lowest BCUT2D eigenvalue weighted by molar-refractivity contribution is -0.115. The first-order valence-corrected chi connectivity index (χ1v) is 9.43. The van der Waals surface area contributed by atoms with Crippen molar-refractivity contribution in [1.82, 2.24) is 25.2 Å². The molecule has 9 heteroatoms. The maximum Gasteiger partial charge on any atom is 0.326 e. The van der Waals surface area contributed by atoms with Gasteiger partial charge in [-0.2, -0.15) is 9.61 Å². The number of anilines is 2. The van der Waals surface area contributed by atoms with Crippen LogP contribution >= 0.6 is 0 Å². The molecule has 29 heavy (non-hydrogen) atoms. The number of amides is 3. The highest BCUT2D eigenvalue weighted by Crippen LogP contribution is 2.27. The topological polar surface area (TPSA) is 112 Å². The number of imide groups is 1. The minimum absolute atomic E-state index is 0.172. The monoisotopic (exact) mass is 389 g/mol. The van der Waals surface area contributed by atoms with Gasteiger partial charge in [0, 0.05) is 24.2 Å². The highest BCUT2D eigenvalue weighted by atomic mass is 16.2. The first-order valence-electron chi connectivity index (χ1n) is 9.43. The molecule has 1 aliphatic carbocycles. The minimum Gasteiger partial charge on any atom is -0.367 e. The van der Waals surface area contributed by atoms with Crippen LogP contribution in [-0.2, 0) is 11.3 Å². The number of hydrogen-bond acceptors (Lipinski definition) is 6. The van der Waals surface area contributed by atoms with Gasteiger partial charge in [0.05, 0.1) is 6.20 Å². The second-order valence-electron chi connectivity index (χ2n) is 7.09. The van der Waals surface area contributed by atoms with Crippen LogP contribution in [0, 0.1) is 0 Å². The molecule has 2 fully saturated rings. The Bertz CT molecular complexity index is 1130. The van der Waals surface area contributed by atoms with Crippen LogP contribution in [0.5, 0.6) is 0 Å². The van der Waals surface area contributed by atoms with Gasteiger partial charge < -0.3 is 16.0 Å². The van der Waals surface area contributed by atoms with Crippen molar-refractivity contribution in [1.29, 1.82) is 0 Å². The summed E-state index contributed by atoms with van der Waals surface area (Å²) in [6.45, 7) is 0.635. The third-order valence-corrected chi connectivity index (χ3v) is 4.76. The molecule has 0 bridgehead atoms. The van der Waals surface area contributed by atoms with Crippen LogP contribution in [0.1, 0.15) is 24.0 Å². The van der Waals surface area contributed by atoms with Crippen LogP contribution in [0.25, 0.3) is 11.7 Å². The van der Waals surface area contributed by atoms with Crippen molar-refractivity contribution in [2.24, 2.45) is 0 Å². The van der Waals surface area contributed by atoms with E-state index < -0.39 is 11.9 Å². The SMILES string of the molecule is O=C1NC(=O)/C(=C/c2cnn3c(NC4CC4)cc(NCc4ccccc4)nc23)N1. The average molecular weight is 389 g/mol. The van der Waals surface area contributed by atoms with E-state index in [1.54, 1.807) is 16.8 Å². The number of carbonyl (C=O) groups excluding carboxylic acids is 2. The average Bonchev–Trinajstić information content (AvgIpc) is 3.36. The van der Waals surface area contributed by atoms with Crippen LogP contribution in [0.4, 0.5) is 16.4 Å². The fourth-order valence-electron chi connectivity index (χ4n) is 3.14. The number of fused-ring (bicyclic) bond motifs is 1. The molecular formula is C20H19N7O2. The molecule has 0 radical (unpaired) electrons. The summed E-state index contributed by atoms with van der Waals surface area (Å²) in [5.74, 6) is 1.06. The third kappa shape index (κ3) is 3.62. The van der Waals surface area contributed by atoms with Crippen molar-refractivity contribution in [2.45, 2.75) is 25.4 Å². The number of nitrogens with zero attached hydrogens (tertiary/aromatic N) is 3. The summed E-state index contributed by atoms with van der Waals surface area (Å²) >= 11 is 0. The van der Waals surface area contributed by atoms with Gasteiger partial charge in [0.1, 0.15) is 17.3 Å². The van der Waals surface area contributed by atoms with E-state index in [0.29, 0.717) is 29.6 Å². The van der Waals surface area contributed by atoms with E-state index in [1.807, 2.05) is 36.4 Å². The zero-order chi connectivity index (χ0) is 19.8. The van der Waals surface area contributed by atoms with E-state index in [-0.39, 0.29) is 5.70 Å². The molecule has 3 amide bonds. The number of benzene rings is 1. The maximum absolute atomic E-state index is 11.9. The molecule has 9 nitrogen and oxygen atoms in total. The molecule has 4 N–H and O–H groups in total. The second kappa shape index (κ2) is 6.93. The number of rotatable bonds is 6. The Labute approximate surface area is 166 Å². The van der Waals surface area contributed by atoms with Crippen molar-refractivity contribution >= 4 is 35.3 Å². The van der Waals surface area contributed by atoms with Crippen molar-refractivity contribution in [3.8, 4) is 0 Å². The molecule has 1 saturated carbocycles. The predicted molar refractivity (Wildman–Crippen MR) is 108 cm³/mol. The molecule has 3 aromatic rings. The summed E-state index contributed by atoms with van der Waals surface area (Å²) in [4.78, 5) is 27.9. The summed E-state index contributed by atoms with van der Waals surface area (Å²) in [6.07, 6.45) is 5.46. The fourth-order valence-corrected chi connectivity index (χ4v) is 3.14. The summed E-state index contributed by atoms with van der Waals surface area (Å²) in [6, 6.07) is 11.9. The molecule has 1 saturated heterocycles. The molecule has 2 aliphatic rings. The second-order valence-corrected chi connectivity index (χ2v) is 7.09. The molecule has 1 aliphatic heterocycles. The molecule has 0 atom stereocenters. The van der Waals surface area contributed by atoms with Crippen LogP contribution in [-0.4, -0.2) is 32.6 Å². The first-order chi connectivity index (χ1) is 14.2. The summed E-state index contributed by atoms with van der Waals surface area (Å²) < 4.78 is 1.72. The van der Waals surface area contributed by atoms with Crippen LogP contribution in [0.2, 0.25) is 0 Å². The van der Waals surface area contributed by atoms with Gasteiger partial charge in [0.25, 0.3) is 5.91 Å². The Hall–Kier alpha value is -3.88. The summed E-state index contributed by atoms with van der Waals surface area (Å²) in [7, 11) is 0. The lowest BCUT2D eigenvalue weighted by atomic mass is 10.2. The van der Waals surface area contributed by atoms with Crippen LogP contribution in [0.3, 0.4) is 0 Å². The molecule has 0 unspecified atom stereocenters. The standard InChI is InChI=1S/C20H19N7O2/c28-19-15(24-20(29)26-19)8-13-11-22-27-17(23-14-6-7-14)9-16(25-18(13)27)21-10-12-4-2-1-3-5-12/h1-5,8-9,11,14,23H,6-7,10H2,(H,21,25)(H2,24,26,28,29)/b15-8-. The maximum atomic E-state index is 11.9. The zero-order valence-electron chi connectivity index (χ0n) is 15.5. The summed E-state index contributed by atoms with van der Waals surface area (Å²) in [5, 5.41) is 15.9. The normalized spacial score (nSPS) is 17.4. The van der Waals surface area contributed by atoms with E-state index in [4.69, 9.17) is 0 Å². The van der Waals surface area contributed by atoms with Crippen LogP contribution < -0.4 is 21.3 Å². The first kappa shape index (κ1) is 17.2. The van der Waals surface area contributed by atoms with Crippen LogP contribution in [0.15, 0.2) is 48.3 Å². The molecule has 3 heterocycles. The van der Waals surface area contributed by atoms with E-state index in [1.165, 1.54) is 0 Å². The number of aromatic nitrogens is 3. The fraction of sp³-hybridized carbons (Fsp3) is 0.200. The number of hydrogen-bond donors (Lipinski definition) is 4. The third-order valence-electron chi connectivity index (χ3n) is 4.76. The van der Waals surface area contributed by atoms with Gasteiger partial charge in [-0.3, -0.25) is 10.1 Å². The Morgan fingerprint density at radius 1 is 1.17 bits per heavy atom. The lowest BCUT2D eigenvalue weighted by Gasteiger charge is -2.11. The molecule has 146 valence electrons. The quantitative estimate of drug-likeness (QED) is 0.379. The smallest absolute Gasteiger partial charge is 0.326 e. The van der Waals surface area contributed by atoms with Gasteiger partial charge >= 0.3 is 6.03 Å².